The van der Waals surface area contributed by atoms with Crippen LogP contribution < -0.4 is 8.92 Å². The maximum Gasteiger partial charge on any atom is 0.309 e. The number of hydrogen-bond donors (Lipinski definition) is 0. The van der Waals surface area contributed by atoms with E-state index in [9.17, 15) is 13.2 Å². The number of hydrogen-bond acceptors (Lipinski definition) is 5. The lowest BCUT2D eigenvalue weighted by atomic mass is 9.83. The second-order valence-corrected chi connectivity index (χ2v) is 7.58. The maximum absolute atomic E-state index is 12.3. The minimum Gasteiger partial charge on any atom is -0.497 e. The van der Waals surface area contributed by atoms with Crippen LogP contribution in [0.3, 0.4) is 0 Å². The van der Waals surface area contributed by atoms with Crippen LogP contribution in [-0.4, -0.2) is 27.6 Å². The Morgan fingerprint density at radius 2 is 2.09 bits per heavy atom. The molecule has 5 nitrogen and oxygen atoms in total. The van der Waals surface area contributed by atoms with Gasteiger partial charge < -0.3 is 8.92 Å². The Balaban J connectivity index is 2.12. The zero-order valence-corrected chi connectivity index (χ0v) is 13.8. The summed E-state index contributed by atoms with van der Waals surface area (Å²) < 4.78 is 34.7. The molecule has 1 fully saturated rings. The van der Waals surface area contributed by atoms with Crippen molar-refractivity contribution in [3.8, 4) is 11.5 Å². The van der Waals surface area contributed by atoms with E-state index in [1.807, 2.05) is 0 Å². The monoisotopic (exact) mass is 326 g/mol. The lowest BCUT2D eigenvalue weighted by Gasteiger charge is -2.26. The molecule has 0 saturated heterocycles. The van der Waals surface area contributed by atoms with Crippen molar-refractivity contribution in [1.82, 2.24) is 0 Å². The Morgan fingerprint density at radius 3 is 2.73 bits per heavy atom. The molecule has 2 rings (SSSR count). The molecule has 0 aromatic heterocycles. The highest BCUT2D eigenvalue weighted by atomic mass is 32.2. The molecule has 0 amide bonds. The van der Waals surface area contributed by atoms with Crippen LogP contribution in [0.25, 0.3) is 0 Å². The summed E-state index contributed by atoms with van der Waals surface area (Å²) in [5.74, 6) is 1.14. The van der Waals surface area contributed by atoms with E-state index >= 15 is 0 Å². The van der Waals surface area contributed by atoms with E-state index in [0.717, 1.165) is 25.7 Å². The zero-order chi connectivity index (χ0) is 16.2. The van der Waals surface area contributed by atoms with Crippen LogP contribution in [0.4, 0.5) is 0 Å². The summed E-state index contributed by atoms with van der Waals surface area (Å²) in [6.07, 6.45) is 4.60. The number of methoxy groups -OCH3 is 1. The fourth-order valence-electron chi connectivity index (χ4n) is 2.98. The predicted octanol–water partition coefficient (Wildman–Crippen LogP) is 3.04. The average molecular weight is 326 g/mol. The fraction of sp³-hybridized carbons (Fsp3) is 0.562. The minimum atomic E-state index is -3.73. The first-order valence-corrected chi connectivity index (χ1v) is 9.06. The molecule has 0 aliphatic heterocycles. The van der Waals surface area contributed by atoms with Crippen molar-refractivity contribution < 1.29 is 22.1 Å². The van der Waals surface area contributed by atoms with Gasteiger partial charge in [0, 0.05) is 6.07 Å². The van der Waals surface area contributed by atoms with Gasteiger partial charge >= 0.3 is 10.1 Å². The molecule has 0 radical (unpaired) electrons. The normalized spacial score (nSPS) is 22.1. The van der Waals surface area contributed by atoms with Gasteiger partial charge in [0.15, 0.2) is 12.0 Å². The molecule has 22 heavy (non-hydrogen) atoms. The molecule has 1 aliphatic rings. The van der Waals surface area contributed by atoms with Crippen LogP contribution in [-0.2, 0) is 10.1 Å². The Bertz CT molecular complexity index is 623. The molecule has 1 aliphatic carbocycles. The molecular weight excluding hydrogens is 304 g/mol. The molecule has 0 heterocycles. The molecule has 1 aromatic carbocycles. The highest BCUT2D eigenvalue weighted by Gasteiger charge is 2.26. The smallest absolute Gasteiger partial charge is 0.309 e. The lowest BCUT2D eigenvalue weighted by molar-refractivity contribution is 0.112. The van der Waals surface area contributed by atoms with Crippen molar-refractivity contribution in [2.45, 2.75) is 32.6 Å². The van der Waals surface area contributed by atoms with Crippen molar-refractivity contribution in [3.63, 3.8) is 0 Å². The van der Waals surface area contributed by atoms with Crippen LogP contribution in [0, 0.1) is 11.8 Å². The number of rotatable bonds is 6. The summed E-state index contributed by atoms with van der Waals surface area (Å²) in [6, 6.07) is 4.50. The Hall–Kier alpha value is -1.56. The molecule has 122 valence electrons. The van der Waals surface area contributed by atoms with E-state index in [2.05, 4.69) is 6.92 Å². The van der Waals surface area contributed by atoms with Crippen LogP contribution >= 0.6 is 0 Å². The molecule has 2 unspecified atom stereocenters. The summed E-state index contributed by atoms with van der Waals surface area (Å²) in [6.45, 7) is 2.15. The molecule has 0 bridgehead atoms. The van der Waals surface area contributed by atoms with Gasteiger partial charge in [-0.1, -0.05) is 19.8 Å². The van der Waals surface area contributed by atoms with E-state index in [0.29, 0.717) is 18.0 Å². The highest BCUT2D eigenvalue weighted by Crippen LogP contribution is 2.31. The SMILES string of the molecule is COc1ccc(C=O)c(OS(=O)(=O)CC2CCCC(C)C2)c1. The molecule has 2 atom stereocenters. The van der Waals surface area contributed by atoms with E-state index in [1.54, 1.807) is 6.07 Å². The Kier molecular flexibility index (Phi) is 5.45. The summed E-state index contributed by atoms with van der Waals surface area (Å²) in [5, 5.41) is 0. The maximum atomic E-state index is 12.3. The van der Waals surface area contributed by atoms with Crippen molar-refractivity contribution in [1.29, 1.82) is 0 Å². The van der Waals surface area contributed by atoms with Gasteiger partial charge in [-0.15, -0.1) is 0 Å². The highest BCUT2D eigenvalue weighted by molar-refractivity contribution is 7.87. The Labute approximate surface area is 131 Å². The Morgan fingerprint density at radius 1 is 1.32 bits per heavy atom. The predicted molar refractivity (Wildman–Crippen MR) is 83.9 cm³/mol. The topological polar surface area (TPSA) is 69.7 Å². The molecule has 6 heteroatoms. The largest absolute Gasteiger partial charge is 0.497 e. The lowest BCUT2D eigenvalue weighted by Crippen LogP contribution is -2.25. The molecule has 1 aromatic rings. The van der Waals surface area contributed by atoms with E-state index in [4.69, 9.17) is 8.92 Å². The first-order chi connectivity index (χ1) is 10.4. The quantitative estimate of drug-likeness (QED) is 0.593. The number of carbonyl (C=O) groups excluding carboxylic acids is 1. The van der Waals surface area contributed by atoms with Gasteiger partial charge in [0.2, 0.25) is 0 Å². The van der Waals surface area contributed by atoms with E-state index < -0.39 is 10.1 Å². The van der Waals surface area contributed by atoms with Crippen molar-refractivity contribution >= 4 is 16.4 Å². The van der Waals surface area contributed by atoms with Crippen LogP contribution in [0.15, 0.2) is 18.2 Å². The van der Waals surface area contributed by atoms with Crippen molar-refractivity contribution in [3.05, 3.63) is 23.8 Å². The van der Waals surface area contributed by atoms with Gasteiger partial charge in [0.25, 0.3) is 0 Å². The minimum absolute atomic E-state index is 0.00710. The van der Waals surface area contributed by atoms with Crippen molar-refractivity contribution in [2.24, 2.45) is 11.8 Å². The van der Waals surface area contributed by atoms with Gasteiger partial charge in [0.1, 0.15) is 5.75 Å². The number of carbonyl (C=O) groups is 1. The summed E-state index contributed by atoms with van der Waals surface area (Å²) in [7, 11) is -2.26. The summed E-state index contributed by atoms with van der Waals surface area (Å²) in [5.41, 5.74) is 0.196. The van der Waals surface area contributed by atoms with E-state index in [-0.39, 0.29) is 23.0 Å². The molecule has 1 saturated carbocycles. The number of ether oxygens (including phenoxy) is 1. The van der Waals surface area contributed by atoms with Gasteiger partial charge in [0.05, 0.1) is 18.4 Å². The van der Waals surface area contributed by atoms with Crippen LogP contribution in [0.2, 0.25) is 0 Å². The second kappa shape index (κ2) is 7.13. The molecular formula is C16H22O5S. The van der Waals surface area contributed by atoms with Gasteiger partial charge in [-0.05, 0) is 36.8 Å². The molecule has 0 spiro atoms. The standard InChI is InChI=1S/C16H22O5S/c1-12-4-3-5-13(8-12)11-22(18,19)21-16-9-15(20-2)7-6-14(16)10-17/h6-7,9-10,12-13H,3-5,8,11H2,1-2H3. The first kappa shape index (κ1) is 16.8. The second-order valence-electron chi connectivity index (χ2n) is 5.97. The van der Waals surface area contributed by atoms with Crippen LogP contribution in [0.1, 0.15) is 43.0 Å². The third kappa shape index (κ3) is 4.47. The first-order valence-electron chi connectivity index (χ1n) is 7.49. The zero-order valence-electron chi connectivity index (χ0n) is 12.9. The number of benzene rings is 1. The van der Waals surface area contributed by atoms with Gasteiger partial charge in [-0.2, -0.15) is 8.42 Å². The summed E-state index contributed by atoms with van der Waals surface area (Å²) in [4.78, 5) is 11.0. The fourth-order valence-corrected chi connectivity index (χ4v) is 4.35. The third-order valence-electron chi connectivity index (χ3n) is 4.05. The van der Waals surface area contributed by atoms with Gasteiger partial charge in [-0.25, -0.2) is 0 Å². The van der Waals surface area contributed by atoms with Crippen LogP contribution in [0.5, 0.6) is 11.5 Å². The van der Waals surface area contributed by atoms with Gasteiger partial charge in [-0.3, -0.25) is 4.79 Å². The average Bonchev–Trinajstić information content (AvgIpc) is 2.46. The third-order valence-corrected chi connectivity index (χ3v) is 5.36. The number of aldehydes is 1. The molecule has 0 N–H and O–H groups in total. The van der Waals surface area contributed by atoms with E-state index in [1.165, 1.54) is 19.2 Å². The van der Waals surface area contributed by atoms with Crippen molar-refractivity contribution in [2.75, 3.05) is 12.9 Å². The summed E-state index contributed by atoms with van der Waals surface area (Å²) >= 11 is 0.